The lowest BCUT2D eigenvalue weighted by atomic mass is 9.91. The Balaban J connectivity index is 4.20. The molecule has 0 aliphatic heterocycles. The zero-order chi connectivity index (χ0) is 14.9. The van der Waals surface area contributed by atoms with E-state index in [0.29, 0.717) is 6.04 Å². The molecule has 0 aromatic carbocycles. The molecule has 2 N–H and O–H groups in total. The van der Waals surface area contributed by atoms with Gasteiger partial charge in [0, 0.05) is 18.1 Å². The summed E-state index contributed by atoms with van der Waals surface area (Å²) in [5, 5.41) is 12.8. The maximum absolute atomic E-state index is 9.54. The van der Waals surface area contributed by atoms with Crippen LogP contribution in [-0.2, 0) is 0 Å². The Kier molecular flexibility index (Phi) is 9.62. The summed E-state index contributed by atoms with van der Waals surface area (Å²) in [6.07, 6.45) is 3.13. The minimum absolute atomic E-state index is 0.0931. The Bertz CT molecular complexity index is 209. The van der Waals surface area contributed by atoms with Crippen LogP contribution in [0.15, 0.2) is 0 Å². The smallest absolute Gasteiger partial charge is 0.0613 e. The van der Waals surface area contributed by atoms with E-state index in [1.54, 1.807) is 0 Å². The highest BCUT2D eigenvalue weighted by atomic mass is 16.3. The molecule has 0 aliphatic rings. The maximum Gasteiger partial charge on any atom is 0.0613 e. The molecule has 2 unspecified atom stereocenters. The number of hydrogen-bond acceptors (Lipinski definition) is 4. The number of aliphatic hydroxyl groups is 1. The van der Waals surface area contributed by atoms with Gasteiger partial charge < -0.3 is 15.3 Å². The van der Waals surface area contributed by atoms with Crippen molar-refractivity contribution in [1.82, 2.24) is 15.1 Å². The molecule has 0 heterocycles. The molecule has 0 radical (unpaired) electrons. The van der Waals surface area contributed by atoms with Crippen molar-refractivity contribution in [3.63, 3.8) is 0 Å². The molecule has 4 nitrogen and oxygen atoms in total. The number of nitrogens with one attached hydrogen (secondary N) is 1. The van der Waals surface area contributed by atoms with Crippen molar-refractivity contribution in [2.75, 3.05) is 47.4 Å². The van der Waals surface area contributed by atoms with Crippen LogP contribution in [0.2, 0.25) is 0 Å². The monoisotopic (exact) mass is 273 g/mol. The Morgan fingerprint density at radius 1 is 1.26 bits per heavy atom. The zero-order valence-corrected chi connectivity index (χ0v) is 13.9. The number of likely N-dealkylation sites (N-methyl/N-ethyl adjacent to an activating group) is 3. The molecule has 0 saturated carbocycles. The van der Waals surface area contributed by atoms with Gasteiger partial charge in [-0.05, 0) is 60.4 Å². The van der Waals surface area contributed by atoms with E-state index < -0.39 is 0 Å². The predicted molar refractivity (Wildman–Crippen MR) is 83.7 cm³/mol. The van der Waals surface area contributed by atoms with E-state index in [9.17, 15) is 5.11 Å². The van der Waals surface area contributed by atoms with Crippen LogP contribution in [0.3, 0.4) is 0 Å². The fourth-order valence-electron chi connectivity index (χ4n) is 2.70. The first kappa shape index (κ1) is 18.8. The van der Waals surface area contributed by atoms with Gasteiger partial charge in [-0.2, -0.15) is 0 Å². The molecular weight excluding hydrogens is 238 g/mol. The van der Waals surface area contributed by atoms with Crippen molar-refractivity contribution in [3.8, 4) is 0 Å². The number of aliphatic hydroxyl groups excluding tert-OH is 1. The van der Waals surface area contributed by atoms with Gasteiger partial charge in [-0.3, -0.25) is 4.90 Å². The lowest BCUT2D eigenvalue weighted by Crippen LogP contribution is -2.47. The molecule has 0 aromatic rings. The van der Waals surface area contributed by atoms with Gasteiger partial charge in [-0.25, -0.2) is 0 Å². The molecule has 0 aromatic heterocycles. The lowest BCUT2D eigenvalue weighted by molar-refractivity contribution is 0.135. The summed E-state index contributed by atoms with van der Waals surface area (Å²) in [6.45, 7) is 10.2. The summed E-state index contributed by atoms with van der Waals surface area (Å²) in [6, 6.07) is 0.583. The van der Waals surface area contributed by atoms with Crippen LogP contribution in [0.4, 0.5) is 0 Å². The van der Waals surface area contributed by atoms with Gasteiger partial charge in [-0.15, -0.1) is 0 Å². The van der Waals surface area contributed by atoms with Crippen LogP contribution in [0.1, 0.15) is 40.0 Å². The minimum atomic E-state index is -0.0931. The predicted octanol–water partition coefficient (Wildman–Crippen LogP) is 1.40. The second kappa shape index (κ2) is 9.70. The largest absolute Gasteiger partial charge is 0.394 e. The van der Waals surface area contributed by atoms with E-state index in [1.165, 1.54) is 0 Å². The van der Waals surface area contributed by atoms with Gasteiger partial charge in [0.2, 0.25) is 0 Å². The van der Waals surface area contributed by atoms with Crippen LogP contribution < -0.4 is 5.32 Å². The van der Waals surface area contributed by atoms with Crippen molar-refractivity contribution in [2.45, 2.75) is 51.6 Å². The molecular formula is C15H35N3O. The average molecular weight is 273 g/mol. The normalized spacial score (nSPS) is 16.9. The lowest BCUT2D eigenvalue weighted by Gasteiger charge is -2.33. The van der Waals surface area contributed by atoms with Crippen molar-refractivity contribution in [3.05, 3.63) is 0 Å². The summed E-state index contributed by atoms with van der Waals surface area (Å²) >= 11 is 0. The van der Waals surface area contributed by atoms with Crippen LogP contribution >= 0.6 is 0 Å². The SMILES string of the molecule is CCN(CCCC(CC)(CO)NC)C(C)CN(C)C. The molecule has 0 bridgehead atoms. The maximum atomic E-state index is 9.54. The highest BCUT2D eigenvalue weighted by molar-refractivity contribution is 4.85. The summed E-state index contributed by atoms with van der Waals surface area (Å²) in [4.78, 5) is 4.76. The summed E-state index contributed by atoms with van der Waals surface area (Å²) in [5.41, 5.74) is -0.0931. The minimum Gasteiger partial charge on any atom is -0.394 e. The molecule has 0 fully saturated rings. The second-order valence-corrected chi connectivity index (χ2v) is 5.89. The third-order valence-corrected chi connectivity index (χ3v) is 4.27. The number of rotatable bonds is 11. The summed E-state index contributed by atoms with van der Waals surface area (Å²) in [5.74, 6) is 0. The van der Waals surface area contributed by atoms with Gasteiger partial charge in [0.1, 0.15) is 0 Å². The average Bonchev–Trinajstić information content (AvgIpc) is 2.39. The number of hydrogen-bond donors (Lipinski definition) is 2. The molecule has 2 atom stereocenters. The molecule has 0 aliphatic carbocycles. The van der Waals surface area contributed by atoms with Crippen LogP contribution in [0, 0.1) is 0 Å². The Morgan fingerprint density at radius 2 is 1.89 bits per heavy atom. The highest BCUT2D eigenvalue weighted by Crippen LogP contribution is 2.17. The third-order valence-electron chi connectivity index (χ3n) is 4.27. The fourth-order valence-corrected chi connectivity index (χ4v) is 2.70. The molecule has 19 heavy (non-hydrogen) atoms. The van der Waals surface area contributed by atoms with Crippen molar-refractivity contribution in [1.29, 1.82) is 0 Å². The van der Waals surface area contributed by atoms with Gasteiger partial charge >= 0.3 is 0 Å². The first-order valence-corrected chi connectivity index (χ1v) is 7.63. The standard InChI is InChI=1S/C15H35N3O/c1-7-15(13-19,16-4)10-9-11-18(8-2)14(3)12-17(5)6/h14,16,19H,7-13H2,1-6H3. The van der Waals surface area contributed by atoms with Gasteiger partial charge in [0.15, 0.2) is 0 Å². The van der Waals surface area contributed by atoms with E-state index in [0.717, 1.165) is 38.9 Å². The molecule has 0 saturated heterocycles. The molecule has 4 heteroatoms. The van der Waals surface area contributed by atoms with E-state index in [1.807, 2.05) is 7.05 Å². The Morgan fingerprint density at radius 3 is 2.26 bits per heavy atom. The van der Waals surface area contributed by atoms with Crippen LogP contribution in [0.25, 0.3) is 0 Å². The van der Waals surface area contributed by atoms with Gasteiger partial charge in [0.25, 0.3) is 0 Å². The third kappa shape index (κ3) is 6.70. The van der Waals surface area contributed by atoms with Gasteiger partial charge in [-0.1, -0.05) is 13.8 Å². The molecule has 116 valence electrons. The highest BCUT2D eigenvalue weighted by Gasteiger charge is 2.24. The number of nitrogens with zero attached hydrogens (tertiary/aromatic N) is 2. The first-order chi connectivity index (χ1) is 8.94. The van der Waals surface area contributed by atoms with E-state index >= 15 is 0 Å². The quantitative estimate of drug-likeness (QED) is 0.597. The molecule has 0 amide bonds. The fraction of sp³-hybridized carbons (Fsp3) is 1.00. The first-order valence-electron chi connectivity index (χ1n) is 7.63. The summed E-state index contributed by atoms with van der Waals surface area (Å²) < 4.78 is 0. The topological polar surface area (TPSA) is 38.7 Å². The summed E-state index contributed by atoms with van der Waals surface area (Å²) in [7, 11) is 6.20. The molecule has 0 rings (SSSR count). The molecule has 0 spiro atoms. The van der Waals surface area contributed by atoms with Crippen LogP contribution in [0.5, 0.6) is 0 Å². The Labute approximate surface area is 120 Å². The van der Waals surface area contributed by atoms with Crippen molar-refractivity contribution in [2.24, 2.45) is 0 Å². The van der Waals surface area contributed by atoms with Crippen molar-refractivity contribution >= 4 is 0 Å². The Hall–Kier alpha value is -0.160. The van der Waals surface area contributed by atoms with E-state index in [4.69, 9.17) is 0 Å². The van der Waals surface area contributed by atoms with E-state index in [2.05, 4.69) is 50.0 Å². The van der Waals surface area contributed by atoms with Crippen LogP contribution in [-0.4, -0.2) is 73.9 Å². The zero-order valence-electron chi connectivity index (χ0n) is 13.9. The van der Waals surface area contributed by atoms with Gasteiger partial charge in [0.05, 0.1) is 6.61 Å². The van der Waals surface area contributed by atoms with E-state index in [-0.39, 0.29) is 12.1 Å². The second-order valence-electron chi connectivity index (χ2n) is 5.89. The van der Waals surface area contributed by atoms with Crippen molar-refractivity contribution < 1.29 is 5.11 Å².